The number of Topliss-reactive ketones (excluding diaryl/α,β-unsaturated/α-hetero) is 1. The van der Waals surface area contributed by atoms with Gasteiger partial charge in [0.25, 0.3) is 0 Å². The summed E-state index contributed by atoms with van der Waals surface area (Å²) in [5, 5.41) is 0. The SMILES string of the molecule is CCCCCCO[C@H]1CC[C@H](c2ccc(-c3ccc(C(C)=O)cc3)c(F)c2)CC1. The second kappa shape index (κ2) is 10.7. The first-order chi connectivity index (χ1) is 14.1. The molecule has 0 N–H and O–H groups in total. The van der Waals surface area contributed by atoms with E-state index in [-0.39, 0.29) is 11.6 Å². The van der Waals surface area contributed by atoms with Gasteiger partial charge in [0.15, 0.2) is 5.78 Å². The van der Waals surface area contributed by atoms with E-state index in [0.717, 1.165) is 49.8 Å². The first kappa shape index (κ1) is 21.7. The van der Waals surface area contributed by atoms with Crippen LogP contribution in [0.2, 0.25) is 0 Å². The summed E-state index contributed by atoms with van der Waals surface area (Å²) in [5.41, 5.74) is 3.13. The molecule has 2 aromatic carbocycles. The van der Waals surface area contributed by atoms with E-state index in [2.05, 4.69) is 13.0 Å². The lowest BCUT2D eigenvalue weighted by molar-refractivity contribution is 0.0226. The highest BCUT2D eigenvalue weighted by Gasteiger charge is 2.23. The molecule has 0 spiro atoms. The summed E-state index contributed by atoms with van der Waals surface area (Å²) in [7, 11) is 0. The molecule has 0 amide bonds. The summed E-state index contributed by atoms with van der Waals surface area (Å²) < 4.78 is 20.8. The van der Waals surface area contributed by atoms with Crippen molar-refractivity contribution in [1.82, 2.24) is 0 Å². The van der Waals surface area contributed by atoms with Crippen LogP contribution in [0.4, 0.5) is 4.39 Å². The van der Waals surface area contributed by atoms with E-state index >= 15 is 0 Å². The van der Waals surface area contributed by atoms with E-state index in [4.69, 9.17) is 4.74 Å². The number of benzene rings is 2. The maximum absolute atomic E-state index is 14.8. The van der Waals surface area contributed by atoms with Crippen molar-refractivity contribution in [3.8, 4) is 11.1 Å². The highest BCUT2D eigenvalue weighted by atomic mass is 19.1. The van der Waals surface area contributed by atoms with Crippen LogP contribution in [0, 0.1) is 5.82 Å². The summed E-state index contributed by atoms with van der Waals surface area (Å²) in [6, 6.07) is 12.8. The zero-order chi connectivity index (χ0) is 20.6. The lowest BCUT2D eigenvalue weighted by Gasteiger charge is -2.29. The molecule has 0 saturated heterocycles. The minimum Gasteiger partial charge on any atom is -0.378 e. The Balaban J connectivity index is 1.55. The van der Waals surface area contributed by atoms with E-state index in [1.165, 1.54) is 26.2 Å². The van der Waals surface area contributed by atoms with E-state index in [9.17, 15) is 9.18 Å². The quantitative estimate of drug-likeness (QED) is 0.328. The molecule has 2 nitrogen and oxygen atoms in total. The average molecular weight is 397 g/mol. The third-order valence-corrected chi connectivity index (χ3v) is 6.09. The van der Waals surface area contributed by atoms with Crippen molar-refractivity contribution >= 4 is 5.78 Å². The molecule has 3 rings (SSSR count). The number of ether oxygens (including phenoxy) is 1. The Hall–Kier alpha value is -2.00. The summed E-state index contributed by atoms with van der Waals surface area (Å²) in [5.74, 6) is 0.249. The number of hydrogen-bond acceptors (Lipinski definition) is 2. The molecule has 1 fully saturated rings. The Morgan fingerprint density at radius 2 is 1.72 bits per heavy atom. The number of halogens is 1. The molecule has 0 heterocycles. The van der Waals surface area contributed by atoms with Crippen LogP contribution in [-0.2, 0) is 4.74 Å². The maximum Gasteiger partial charge on any atom is 0.159 e. The van der Waals surface area contributed by atoms with Crippen molar-refractivity contribution in [2.45, 2.75) is 77.2 Å². The van der Waals surface area contributed by atoms with Crippen molar-refractivity contribution in [3.63, 3.8) is 0 Å². The largest absolute Gasteiger partial charge is 0.378 e. The second-order valence-electron chi connectivity index (χ2n) is 8.28. The zero-order valence-electron chi connectivity index (χ0n) is 17.8. The number of carbonyl (C=O) groups excluding carboxylic acids is 1. The van der Waals surface area contributed by atoms with Crippen LogP contribution in [0.5, 0.6) is 0 Å². The number of unbranched alkanes of at least 4 members (excludes halogenated alkanes) is 3. The van der Waals surface area contributed by atoms with Crippen molar-refractivity contribution in [3.05, 3.63) is 59.4 Å². The van der Waals surface area contributed by atoms with Crippen molar-refractivity contribution in [2.24, 2.45) is 0 Å². The van der Waals surface area contributed by atoms with Gasteiger partial charge in [-0.05, 0) is 62.1 Å². The van der Waals surface area contributed by atoms with Crippen molar-refractivity contribution < 1.29 is 13.9 Å². The number of carbonyl (C=O) groups is 1. The van der Waals surface area contributed by atoms with E-state index in [1.54, 1.807) is 18.2 Å². The molecule has 0 unspecified atom stereocenters. The predicted octanol–water partition coefficient (Wildman–Crippen LogP) is 7.32. The number of rotatable bonds is 9. The molecule has 2 aromatic rings. The molecule has 1 aliphatic carbocycles. The molecule has 0 bridgehead atoms. The van der Waals surface area contributed by atoms with Crippen LogP contribution in [0.25, 0.3) is 11.1 Å². The fourth-order valence-corrected chi connectivity index (χ4v) is 4.25. The van der Waals surface area contributed by atoms with Crippen LogP contribution in [0.15, 0.2) is 42.5 Å². The molecule has 0 radical (unpaired) electrons. The van der Waals surface area contributed by atoms with Gasteiger partial charge in [0.05, 0.1) is 6.10 Å². The van der Waals surface area contributed by atoms with Crippen LogP contribution in [0.3, 0.4) is 0 Å². The standard InChI is InChI=1S/C26H33FO2/c1-3-4-5-6-17-29-24-14-11-21(12-15-24)23-13-16-25(26(27)18-23)22-9-7-20(8-10-22)19(2)28/h7-10,13,16,18,21,24H,3-6,11-12,14-15,17H2,1-2H3/t21-,24-. The topological polar surface area (TPSA) is 26.3 Å². The lowest BCUT2D eigenvalue weighted by atomic mass is 9.82. The highest BCUT2D eigenvalue weighted by molar-refractivity contribution is 5.94. The van der Waals surface area contributed by atoms with E-state index in [1.807, 2.05) is 18.2 Å². The van der Waals surface area contributed by atoms with Gasteiger partial charge < -0.3 is 4.74 Å². The third kappa shape index (κ3) is 5.99. The van der Waals surface area contributed by atoms with Crippen LogP contribution >= 0.6 is 0 Å². The summed E-state index contributed by atoms with van der Waals surface area (Å²) >= 11 is 0. The van der Waals surface area contributed by atoms with Gasteiger partial charge in [0.1, 0.15) is 5.82 Å². The Kier molecular flexibility index (Phi) is 8.00. The molecule has 1 saturated carbocycles. The summed E-state index contributed by atoms with van der Waals surface area (Å²) in [6.45, 7) is 4.64. The maximum atomic E-state index is 14.8. The van der Waals surface area contributed by atoms with Gasteiger partial charge in [0.2, 0.25) is 0 Å². The molecule has 3 heteroatoms. The zero-order valence-corrected chi connectivity index (χ0v) is 17.8. The third-order valence-electron chi connectivity index (χ3n) is 6.09. The van der Waals surface area contributed by atoms with Gasteiger partial charge in [-0.2, -0.15) is 0 Å². The Morgan fingerprint density at radius 3 is 2.34 bits per heavy atom. The first-order valence-corrected chi connectivity index (χ1v) is 11.1. The van der Waals surface area contributed by atoms with Crippen molar-refractivity contribution in [2.75, 3.05) is 6.61 Å². The number of ketones is 1. The number of hydrogen-bond donors (Lipinski definition) is 0. The van der Waals surface area contributed by atoms with Gasteiger partial charge in [-0.25, -0.2) is 4.39 Å². The van der Waals surface area contributed by atoms with E-state index < -0.39 is 0 Å². The Morgan fingerprint density at radius 1 is 1.00 bits per heavy atom. The van der Waals surface area contributed by atoms with Gasteiger partial charge in [-0.15, -0.1) is 0 Å². The lowest BCUT2D eigenvalue weighted by Crippen LogP contribution is -2.21. The molecule has 29 heavy (non-hydrogen) atoms. The fraction of sp³-hybridized carbons (Fsp3) is 0.500. The van der Waals surface area contributed by atoms with Crippen LogP contribution < -0.4 is 0 Å². The first-order valence-electron chi connectivity index (χ1n) is 11.1. The van der Waals surface area contributed by atoms with Gasteiger partial charge >= 0.3 is 0 Å². The van der Waals surface area contributed by atoms with Gasteiger partial charge in [-0.3, -0.25) is 4.79 Å². The second-order valence-corrected chi connectivity index (χ2v) is 8.28. The molecule has 156 valence electrons. The Labute approximate surface area is 174 Å². The molecule has 0 aliphatic heterocycles. The predicted molar refractivity (Wildman–Crippen MR) is 117 cm³/mol. The van der Waals surface area contributed by atoms with Crippen LogP contribution in [0.1, 0.15) is 87.1 Å². The highest BCUT2D eigenvalue weighted by Crippen LogP contribution is 2.36. The normalized spacial score (nSPS) is 19.3. The Bertz CT molecular complexity index is 789. The molecular formula is C26H33FO2. The monoisotopic (exact) mass is 396 g/mol. The minimum atomic E-state index is -0.188. The van der Waals surface area contributed by atoms with Crippen LogP contribution in [-0.4, -0.2) is 18.5 Å². The minimum absolute atomic E-state index is 0.0212. The van der Waals surface area contributed by atoms with Crippen molar-refractivity contribution in [1.29, 1.82) is 0 Å². The molecule has 0 atom stereocenters. The fourth-order valence-electron chi connectivity index (χ4n) is 4.25. The summed E-state index contributed by atoms with van der Waals surface area (Å²) in [6.07, 6.45) is 9.59. The molecular weight excluding hydrogens is 363 g/mol. The average Bonchev–Trinajstić information content (AvgIpc) is 2.74. The van der Waals surface area contributed by atoms with Gasteiger partial charge in [-0.1, -0.05) is 62.6 Å². The summed E-state index contributed by atoms with van der Waals surface area (Å²) in [4.78, 5) is 11.4. The smallest absolute Gasteiger partial charge is 0.159 e. The molecule has 0 aromatic heterocycles. The van der Waals surface area contributed by atoms with Gasteiger partial charge in [0, 0.05) is 17.7 Å². The molecule has 1 aliphatic rings. The van der Waals surface area contributed by atoms with E-state index in [0.29, 0.717) is 23.1 Å².